The zero-order valence-corrected chi connectivity index (χ0v) is 12.5. The van der Waals surface area contributed by atoms with Gasteiger partial charge in [-0.1, -0.05) is 6.07 Å². The number of fused-ring (bicyclic) bond motifs is 1. The molecule has 1 fully saturated rings. The summed E-state index contributed by atoms with van der Waals surface area (Å²) in [5.74, 6) is 2.18. The molecule has 1 aromatic carbocycles. The summed E-state index contributed by atoms with van der Waals surface area (Å²) >= 11 is 0. The van der Waals surface area contributed by atoms with Gasteiger partial charge in [0.2, 0.25) is 11.8 Å². The Morgan fingerprint density at radius 1 is 1.35 bits per heavy atom. The van der Waals surface area contributed by atoms with Crippen molar-refractivity contribution in [1.82, 2.24) is 10.2 Å². The van der Waals surface area contributed by atoms with Gasteiger partial charge in [-0.2, -0.15) is 0 Å². The number of nitrogens with one attached hydrogen (secondary N) is 1. The Labute approximate surface area is 133 Å². The van der Waals surface area contributed by atoms with E-state index in [1.54, 1.807) is 18.2 Å². The van der Waals surface area contributed by atoms with E-state index in [9.17, 15) is 14.4 Å². The minimum atomic E-state index is -0.619. The maximum atomic E-state index is 12.6. The molecule has 0 bridgehead atoms. The topological polar surface area (TPSA) is 75.7 Å². The second-order valence-electron chi connectivity index (χ2n) is 5.48. The molecule has 6 heteroatoms. The predicted octanol–water partition coefficient (Wildman–Crippen LogP) is 0.850. The lowest BCUT2D eigenvalue weighted by atomic mass is 10.0. The summed E-state index contributed by atoms with van der Waals surface area (Å²) in [4.78, 5) is 37.3. The molecule has 2 aliphatic heterocycles. The molecule has 1 aromatic rings. The Kier molecular flexibility index (Phi) is 4.02. The number of piperidine rings is 1. The number of carbonyl (C=O) groups excluding carboxylic acids is 3. The third kappa shape index (κ3) is 2.78. The van der Waals surface area contributed by atoms with E-state index in [4.69, 9.17) is 11.2 Å². The smallest absolute Gasteiger partial charge is 0.255 e. The third-order valence-corrected chi connectivity index (χ3v) is 4.04. The minimum Gasteiger partial charge on any atom is -0.492 e. The van der Waals surface area contributed by atoms with E-state index >= 15 is 0 Å². The summed E-state index contributed by atoms with van der Waals surface area (Å²) in [6.45, 7) is 0.673. The van der Waals surface area contributed by atoms with Crippen molar-refractivity contribution in [1.29, 1.82) is 0 Å². The van der Waals surface area contributed by atoms with E-state index in [1.165, 1.54) is 4.90 Å². The van der Waals surface area contributed by atoms with Crippen LogP contribution in [0.1, 0.15) is 35.2 Å². The van der Waals surface area contributed by atoms with Crippen molar-refractivity contribution in [2.45, 2.75) is 31.8 Å². The molecule has 1 N–H and O–H groups in total. The summed E-state index contributed by atoms with van der Waals surface area (Å²) in [5.41, 5.74) is 1.30. The number of carbonyl (C=O) groups is 3. The highest BCUT2D eigenvalue weighted by Crippen LogP contribution is 2.33. The van der Waals surface area contributed by atoms with Gasteiger partial charge in [0, 0.05) is 24.0 Å². The maximum Gasteiger partial charge on any atom is 0.255 e. The summed E-state index contributed by atoms with van der Waals surface area (Å²) in [5, 5.41) is 2.28. The standard InChI is InChI=1S/C17H16N2O4/c1-2-3-9-23-14-6-4-5-11-12(14)10-19(17(11)22)13-7-8-15(20)18-16(13)21/h1,4-6,13H,3,7-10H2,(H,18,20,21). The van der Waals surface area contributed by atoms with E-state index < -0.39 is 11.9 Å². The molecule has 3 amide bonds. The second-order valence-corrected chi connectivity index (χ2v) is 5.48. The van der Waals surface area contributed by atoms with Crippen LogP contribution in [0.2, 0.25) is 0 Å². The van der Waals surface area contributed by atoms with Crippen LogP contribution in [0.15, 0.2) is 18.2 Å². The highest BCUT2D eigenvalue weighted by atomic mass is 16.5. The Morgan fingerprint density at radius 2 is 2.17 bits per heavy atom. The Balaban J connectivity index is 1.81. The molecule has 1 saturated heterocycles. The predicted molar refractivity (Wildman–Crippen MR) is 81.4 cm³/mol. The van der Waals surface area contributed by atoms with E-state index in [1.807, 2.05) is 0 Å². The van der Waals surface area contributed by atoms with Crippen molar-refractivity contribution >= 4 is 17.7 Å². The van der Waals surface area contributed by atoms with Gasteiger partial charge in [-0.3, -0.25) is 19.7 Å². The van der Waals surface area contributed by atoms with Crippen LogP contribution in [-0.4, -0.2) is 35.3 Å². The number of ether oxygens (including phenoxy) is 1. The molecule has 0 aromatic heterocycles. The molecule has 1 atom stereocenters. The van der Waals surface area contributed by atoms with Crippen LogP contribution in [0.5, 0.6) is 5.75 Å². The molecule has 0 saturated carbocycles. The molecule has 2 aliphatic rings. The first-order valence-electron chi connectivity index (χ1n) is 7.44. The van der Waals surface area contributed by atoms with Crippen molar-refractivity contribution in [2.75, 3.05) is 6.61 Å². The fourth-order valence-corrected chi connectivity index (χ4v) is 2.91. The highest BCUT2D eigenvalue weighted by Gasteiger charge is 2.40. The molecule has 1 unspecified atom stereocenters. The zero-order chi connectivity index (χ0) is 16.4. The molecule has 2 heterocycles. The molecule has 3 rings (SSSR count). The van der Waals surface area contributed by atoms with Crippen LogP contribution in [0, 0.1) is 12.3 Å². The monoisotopic (exact) mass is 312 g/mol. The molecule has 6 nitrogen and oxygen atoms in total. The van der Waals surface area contributed by atoms with Crippen LogP contribution < -0.4 is 10.1 Å². The zero-order valence-electron chi connectivity index (χ0n) is 12.5. The van der Waals surface area contributed by atoms with Crippen molar-refractivity contribution < 1.29 is 19.1 Å². The fourth-order valence-electron chi connectivity index (χ4n) is 2.91. The molecule has 0 aliphatic carbocycles. The average Bonchev–Trinajstić information content (AvgIpc) is 2.86. The van der Waals surface area contributed by atoms with Gasteiger partial charge >= 0.3 is 0 Å². The Morgan fingerprint density at radius 3 is 2.91 bits per heavy atom. The number of benzene rings is 1. The van der Waals surface area contributed by atoms with E-state index in [0.717, 1.165) is 5.56 Å². The van der Waals surface area contributed by atoms with Crippen LogP contribution >= 0.6 is 0 Å². The molecular formula is C17H16N2O4. The van der Waals surface area contributed by atoms with E-state index in [-0.39, 0.29) is 18.2 Å². The third-order valence-electron chi connectivity index (χ3n) is 4.04. The number of amides is 3. The number of imide groups is 1. The maximum absolute atomic E-state index is 12.6. The molecule has 23 heavy (non-hydrogen) atoms. The highest BCUT2D eigenvalue weighted by molar-refractivity contribution is 6.05. The number of hydrogen-bond acceptors (Lipinski definition) is 4. The van der Waals surface area contributed by atoms with Gasteiger partial charge in [0.1, 0.15) is 11.8 Å². The minimum absolute atomic E-state index is 0.211. The molecule has 0 spiro atoms. The lowest BCUT2D eigenvalue weighted by Gasteiger charge is -2.29. The van der Waals surface area contributed by atoms with Crippen molar-refractivity contribution in [3.63, 3.8) is 0 Å². The van der Waals surface area contributed by atoms with Crippen molar-refractivity contribution in [3.05, 3.63) is 29.3 Å². The van der Waals surface area contributed by atoms with Crippen LogP contribution in [0.4, 0.5) is 0 Å². The van der Waals surface area contributed by atoms with Crippen molar-refractivity contribution in [3.8, 4) is 18.1 Å². The lowest BCUT2D eigenvalue weighted by Crippen LogP contribution is -2.52. The van der Waals surface area contributed by atoms with Crippen LogP contribution in [0.3, 0.4) is 0 Å². The molecule has 0 radical (unpaired) electrons. The van der Waals surface area contributed by atoms with Gasteiger partial charge in [0.05, 0.1) is 13.2 Å². The fraction of sp³-hybridized carbons (Fsp3) is 0.353. The first-order chi connectivity index (χ1) is 11.1. The normalized spacial score (nSPS) is 20.0. The number of nitrogens with zero attached hydrogens (tertiary/aromatic N) is 1. The summed E-state index contributed by atoms with van der Waals surface area (Å²) < 4.78 is 5.64. The van der Waals surface area contributed by atoms with Gasteiger partial charge in [-0.15, -0.1) is 12.3 Å². The van der Waals surface area contributed by atoms with E-state index in [0.29, 0.717) is 37.3 Å². The Hall–Kier alpha value is -2.81. The largest absolute Gasteiger partial charge is 0.492 e. The molecular weight excluding hydrogens is 296 g/mol. The first kappa shape index (κ1) is 15.1. The summed E-state index contributed by atoms with van der Waals surface area (Å²) in [6, 6.07) is 4.63. The van der Waals surface area contributed by atoms with Crippen LogP contribution in [-0.2, 0) is 16.1 Å². The average molecular weight is 312 g/mol. The second kappa shape index (κ2) is 6.13. The Bertz CT molecular complexity index is 720. The van der Waals surface area contributed by atoms with Gasteiger partial charge in [0.15, 0.2) is 0 Å². The number of hydrogen-bond donors (Lipinski definition) is 1. The lowest BCUT2D eigenvalue weighted by molar-refractivity contribution is -0.136. The molecule has 118 valence electrons. The van der Waals surface area contributed by atoms with Gasteiger partial charge in [-0.25, -0.2) is 0 Å². The first-order valence-corrected chi connectivity index (χ1v) is 7.44. The van der Waals surface area contributed by atoms with Crippen molar-refractivity contribution in [2.24, 2.45) is 0 Å². The van der Waals surface area contributed by atoms with Gasteiger partial charge < -0.3 is 9.64 Å². The summed E-state index contributed by atoms with van der Waals surface area (Å²) in [7, 11) is 0. The SMILES string of the molecule is C#CCCOc1cccc2c1CN(C1CCC(=O)NC1=O)C2=O. The number of terminal acetylenes is 1. The number of rotatable bonds is 4. The van der Waals surface area contributed by atoms with E-state index in [2.05, 4.69) is 11.2 Å². The summed E-state index contributed by atoms with van der Waals surface area (Å²) in [6.07, 6.45) is 6.27. The van der Waals surface area contributed by atoms with Gasteiger partial charge in [0.25, 0.3) is 5.91 Å². The van der Waals surface area contributed by atoms with Crippen LogP contribution in [0.25, 0.3) is 0 Å². The van der Waals surface area contributed by atoms with Gasteiger partial charge in [-0.05, 0) is 18.6 Å². The quantitative estimate of drug-likeness (QED) is 0.508.